The fourth-order valence-electron chi connectivity index (χ4n) is 1.49. The van der Waals surface area contributed by atoms with E-state index in [-0.39, 0.29) is 29.0 Å². The molecule has 1 amide bonds. The SMILES string of the molecule is CCC(C)C(=O)Nc1cc(CC(=S)OC)c(Cl)cc1F. The van der Waals surface area contributed by atoms with Gasteiger partial charge in [-0.05, 0) is 36.3 Å². The Bertz CT molecular complexity index is 522. The lowest BCUT2D eigenvalue weighted by Crippen LogP contribution is -2.20. The molecule has 1 aromatic rings. The molecule has 1 atom stereocenters. The van der Waals surface area contributed by atoms with Crippen LogP contribution in [0.15, 0.2) is 12.1 Å². The topological polar surface area (TPSA) is 38.3 Å². The molecule has 1 aromatic carbocycles. The number of benzene rings is 1. The van der Waals surface area contributed by atoms with Gasteiger partial charge in [0.15, 0.2) is 5.05 Å². The Morgan fingerprint density at radius 3 is 2.75 bits per heavy atom. The quantitative estimate of drug-likeness (QED) is 0.835. The third-order valence-corrected chi connectivity index (χ3v) is 3.68. The van der Waals surface area contributed by atoms with Crippen molar-refractivity contribution in [2.24, 2.45) is 5.92 Å². The van der Waals surface area contributed by atoms with Gasteiger partial charge in [-0.15, -0.1) is 0 Å². The average molecular weight is 318 g/mol. The molecule has 0 bridgehead atoms. The lowest BCUT2D eigenvalue weighted by molar-refractivity contribution is -0.119. The van der Waals surface area contributed by atoms with Gasteiger partial charge in [0, 0.05) is 17.4 Å². The number of rotatable bonds is 5. The van der Waals surface area contributed by atoms with Gasteiger partial charge in [0.1, 0.15) is 5.82 Å². The van der Waals surface area contributed by atoms with Crippen LogP contribution in [-0.2, 0) is 16.0 Å². The molecule has 6 heteroatoms. The lowest BCUT2D eigenvalue weighted by atomic mass is 10.1. The highest BCUT2D eigenvalue weighted by molar-refractivity contribution is 7.80. The summed E-state index contributed by atoms with van der Waals surface area (Å²) in [6, 6.07) is 2.66. The van der Waals surface area contributed by atoms with Gasteiger partial charge in [-0.25, -0.2) is 4.39 Å². The number of hydrogen-bond donors (Lipinski definition) is 1. The number of thiocarbonyl (C=S) groups is 1. The second kappa shape index (κ2) is 7.55. The number of halogens is 2. The molecule has 0 radical (unpaired) electrons. The van der Waals surface area contributed by atoms with E-state index in [1.807, 2.05) is 6.92 Å². The van der Waals surface area contributed by atoms with Crippen LogP contribution in [0, 0.1) is 11.7 Å². The first-order chi connectivity index (χ1) is 9.38. The first-order valence-corrected chi connectivity index (χ1v) is 7.03. The van der Waals surface area contributed by atoms with Gasteiger partial charge >= 0.3 is 0 Å². The minimum absolute atomic E-state index is 0.105. The van der Waals surface area contributed by atoms with Gasteiger partial charge in [-0.2, -0.15) is 0 Å². The van der Waals surface area contributed by atoms with E-state index >= 15 is 0 Å². The maximum Gasteiger partial charge on any atom is 0.227 e. The van der Waals surface area contributed by atoms with Crippen LogP contribution in [0.4, 0.5) is 10.1 Å². The molecule has 0 fully saturated rings. The maximum absolute atomic E-state index is 13.8. The highest BCUT2D eigenvalue weighted by Crippen LogP contribution is 2.25. The summed E-state index contributed by atoms with van der Waals surface area (Å²) >= 11 is 10.9. The molecule has 0 spiro atoms. The molecular weight excluding hydrogens is 301 g/mol. The molecule has 1 unspecified atom stereocenters. The van der Waals surface area contributed by atoms with E-state index < -0.39 is 5.82 Å². The zero-order valence-corrected chi connectivity index (χ0v) is 13.2. The third kappa shape index (κ3) is 4.42. The summed E-state index contributed by atoms with van der Waals surface area (Å²) in [5, 5.41) is 3.16. The molecule has 0 aromatic heterocycles. The van der Waals surface area contributed by atoms with Crippen molar-refractivity contribution in [2.45, 2.75) is 26.7 Å². The fourth-order valence-corrected chi connectivity index (χ4v) is 1.87. The molecule has 3 nitrogen and oxygen atoms in total. The van der Waals surface area contributed by atoms with Crippen molar-refractivity contribution in [1.82, 2.24) is 0 Å². The predicted molar refractivity (Wildman–Crippen MR) is 82.8 cm³/mol. The van der Waals surface area contributed by atoms with Crippen LogP contribution in [0.2, 0.25) is 5.02 Å². The molecule has 110 valence electrons. The lowest BCUT2D eigenvalue weighted by Gasteiger charge is -2.13. The largest absolute Gasteiger partial charge is 0.490 e. The van der Waals surface area contributed by atoms with Crippen LogP contribution < -0.4 is 5.32 Å². The van der Waals surface area contributed by atoms with Crippen molar-refractivity contribution in [3.8, 4) is 0 Å². The molecule has 0 saturated heterocycles. The van der Waals surface area contributed by atoms with Crippen LogP contribution >= 0.6 is 23.8 Å². The van der Waals surface area contributed by atoms with Crippen molar-refractivity contribution in [1.29, 1.82) is 0 Å². The molecule has 0 aliphatic rings. The number of methoxy groups -OCH3 is 1. The van der Waals surface area contributed by atoms with E-state index in [1.165, 1.54) is 19.2 Å². The number of hydrogen-bond acceptors (Lipinski definition) is 3. The van der Waals surface area contributed by atoms with Crippen molar-refractivity contribution < 1.29 is 13.9 Å². The summed E-state index contributed by atoms with van der Waals surface area (Å²) in [5.41, 5.74) is 0.716. The Labute approximate surface area is 128 Å². The fraction of sp³-hybridized carbons (Fsp3) is 0.429. The van der Waals surface area contributed by atoms with E-state index in [0.29, 0.717) is 17.0 Å². The number of ether oxygens (including phenoxy) is 1. The standard InChI is InChI=1S/C14H17ClFNO2S/c1-4-8(2)14(18)17-12-5-9(6-13(20)19-3)10(15)7-11(12)16/h5,7-8H,4,6H2,1-3H3,(H,17,18). The van der Waals surface area contributed by atoms with Crippen molar-refractivity contribution in [3.05, 3.63) is 28.5 Å². The van der Waals surface area contributed by atoms with E-state index in [9.17, 15) is 9.18 Å². The summed E-state index contributed by atoms with van der Waals surface area (Å²) in [6.07, 6.45) is 0.971. The highest BCUT2D eigenvalue weighted by Gasteiger charge is 2.15. The Balaban J connectivity index is 2.99. The Morgan fingerprint density at radius 2 is 2.20 bits per heavy atom. The number of carbonyl (C=O) groups is 1. The summed E-state index contributed by atoms with van der Waals surface area (Å²) in [7, 11) is 1.46. The Hall–Kier alpha value is -1.20. The van der Waals surface area contributed by atoms with E-state index in [2.05, 4.69) is 5.32 Å². The number of amides is 1. The van der Waals surface area contributed by atoms with Crippen molar-refractivity contribution >= 4 is 40.5 Å². The van der Waals surface area contributed by atoms with E-state index in [4.69, 9.17) is 28.6 Å². The molecule has 0 aliphatic heterocycles. The molecule has 0 aliphatic carbocycles. The zero-order chi connectivity index (χ0) is 15.3. The van der Waals surface area contributed by atoms with Gasteiger partial charge < -0.3 is 10.1 Å². The van der Waals surface area contributed by atoms with Crippen LogP contribution in [0.25, 0.3) is 0 Å². The van der Waals surface area contributed by atoms with Gasteiger partial charge in [0.2, 0.25) is 5.91 Å². The normalized spacial score (nSPS) is 11.8. The number of carbonyl (C=O) groups excluding carboxylic acids is 1. The van der Waals surface area contributed by atoms with Crippen LogP contribution in [-0.4, -0.2) is 18.1 Å². The first kappa shape index (κ1) is 16.9. The van der Waals surface area contributed by atoms with Gasteiger partial charge in [-0.3, -0.25) is 4.79 Å². The third-order valence-electron chi connectivity index (χ3n) is 3.02. The second-order valence-electron chi connectivity index (χ2n) is 4.47. The van der Waals surface area contributed by atoms with E-state index in [0.717, 1.165) is 0 Å². The van der Waals surface area contributed by atoms with Crippen molar-refractivity contribution in [2.75, 3.05) is 12.4 Å². The summed E-state index contributed by atoms with van der Waals surface area (Å²) < 4.78 is 18.7. The average Bonchev–Trinajstić information content (AvgIpc) is 2.42. The summed E-state index contributed by atoms with van der Waals surface area (Å²) in [4.78, 5) is 11.8. The Kier molecular flexibility index (Phi) is 6.36. The van der Waals surface area contributed by atoms with Crippen molar-refractivity contribution in [3.63, 3.8) is 0 Å². The minimum Gasteiger partial charge on any atom is -0.490 e. The van der Waals surface area contributed by atoms with Crippen LogP contribution in [0.1, 0.15) is 25.8 Å². The van der Waals surface area contributed by atoms with Gasteiger partial charge in [0.05, 0.1) is 12.8 Å². The monoisotopic (exact) mass is 317 g/mol. The van der Waals surface area contributed by atoms with Crippen LogP contribution in [0.5, 0.6) is 0 Å². The highest BCUT2D eigenvalue weighted by atomic mass is 35.5. The van der Waals surface area contributed by atoms with Gasteiger partial charge in [0.25, 0.3) is 0 Å². The predicted octanol–water partition coefficient (Wildman–Crippen LogP) is 3.98. The molecule has 20 heavy (non-hydrogen) atoms. The molecule has 1 N–H and O–H groups in total. The van der Waals surface area contributed by atoms with Gasteiger partial charge in [-0.1, -0.05) is 25.4 Å². The van der Waals surface area contributed by atoms with E-state index in [1.54, 1.807) is 6.92 Å². The van der Waals surface area contributed by atoms with Crippen LogP contribution in [0.3, 0.4) is 0 Å². The minimum atomic E-state index is -0.571. The Morgan fingerprint density at radius 1 is 1.55 bits per heavy atom. The molecular formula is C14H17ClFNO2S. The summed E-state index contributed by atoms with van der Waals surface area (Å²) in [6.45, 7) is 3.68. The summed E-state index contributed by atoms with van der Waals surface area (Å²) in [5.74, 6) is -0.985. The first-order valence-electron chi connectivity index (χ1n) is 6.24. The smallest absolute Gasteiger partial charge is 0.227 e. The second-order valence-corrected chi connectivity index (χ2v) is 5.34. The zero-order valence-electron chi connectivity index (χ0n) is 11.6. The molecule has 1 rings (SSSR count). The maximum atomic E-state index is 13.8. The number of anilines is 1. The molecule has 0 saturated carbocycles. The number of nitrogens with one attached hydrogen (secondary N) is 1. The molecule has 0 heterocycles.